The van der Waals surface area contributed by atoms with Gasteiger partial charge < -0.3 is 5.11 Å². The third-order valence-corrected chi connectivity index (χ3v) is 3.98. The van der Waals surface area contributed by atoms with Crippen LogP contribution >= 0.6 is 27.3 Å². The fraction of sp³-hybridized carbons (Fsp3) is 0.231. The molecule has 4 heteroatoms. The van der Waals surface area contributed by atoms with E-state index in [9.17, 15) is 9.50 Å². The van der Waals surface area contributed by atoms with Crippen LogP contribution in [0.1, 0.15) is 10.4 Å². The van der Waals surface area contributed by atoms with E-state index in [1.807, 2.05) is 17.5 Å². The van der Waals surface area contributed by atoms with Crippen molar-refractivity contribution in [3.63, 3.8) is 0 Å². The molecule has 1 aromatic heterocycles. The Morgan fingerprint density at radius 1 is 1.29 bits per heavy atom. The van der Waals surface area contributed by atoms with Gasteiger partial charge in [-0.05, 0) is 51.5 Å². The van der Waals surface area contributed by atoms with Crippen molar-refractivity contribution in [2.24, 2.45) is 0 Å². The second-order valence-electron chi connectivity index (χ2n) is 3.89. The molecule has 1 unspecified atom stereocenters. The Balaban J connectivity index is 1.98. The average Bonchev–Trinajstić information content (AvgIpc) is 2.76. The van der Waals surface area contributed by atoms with Crippen LogP contribution in [0.15, 0.2) is 40.2 Å². The van der Waals surface area contributed by atoms with Crippen molar-refractivity contribution in [3.8, 4) is 0 Å². The van der Waals surface area contributed by atoms with Gasteiger partial charge in [0, 0.05) is 11.3 Å². The van der Waals surface area contributed by atoms with Crippen molar-refractivity contribution < 1.29 is 9.50 Å². The molecule has 0 amide bonds. The van der Waals surface area contributed by atoms with Gasteiger partial charge in [-0.3, -0.25) is 0 Å². The van der Waals surface area contributed by atoms with E-state index in [4.69, 9.17) is 0 Å². The third kappa shape index (κ3) is 3.63. The topological polar surface area (TPSA) is 20.2 Å². The van der Waals surface area contributed by atoms with Crippen LogP contribution in [0.2, 0.25) is 0 Å². The van der Waals surface area contributed by atoms with Gasteiger partial charge >= 0.3 is 0 Å². The van der Waals surface area contributed by atoms with Crippen molar-refractivity contribution in [2.75, 3.05) is 0 Å². The highest BCUT2D eigenvalue weighted by Crippen LogP contribution is 2.19. The minimum absolute atomic E-state index is 0.276. The molecule has 1 N–H and O–H groups in total. The first kappa shape index (κ1) is 12.7. The highest BCUT2D eigenvalue weighted by atomic mass is 79.9. The zero-order valence-corrected chi connectivity index (χ0v) is 11.5. The van der Waals surface area contributed by atoms with E-state index in [0.717, 1.165) is 5.56 Å². The molecule has 0 aliphatic heterocycles. The largest absolute Gasteiger partial charge is 0.392 e. The zero-order chi connectivity index (χ0) is 12.3. The smallest absolute Gasteiger partial charge is 0.137 e. The molecule has 1 aromatic carbocycles. The van der Waals surface area contributed by atoms with E-state index in [-0.39, 0.29) is 5.82 Å². The van der Waals surface area contributed by atoms with Crippen LogP contribution < -0.4 is 0 Å². The van der Waals surface area contributed by atoms with Crippen LogP contribution in [0.4, 0.5) is 4.39 Å². The lowest BCUT2D eigenvalue weighted by Gasteiger charge is -2.09. The van der Waals surface area contributed by atoms with Crippen LogP contribution in [0.3, 0.4) is 0 Å². The molecule has 1 nitrogen and oxygen atoms in total. The Bertz CT molecular complexity index is 484. The molecule has 0 bridgehead atoms. The third-order valence-electron chi connectivity index (χ3n) is 2.47. The lowest BCUT2D eigenvalue weighted by atomic mass is 10.1. The van der Waals surface area contributed by atoms with Crippen LogP contribution in [-0.4, -0.2) is 11.2 Å². The normalized spacial score (nSPS) is 12.6. The van der Waals surface area contributed by atoms with Crippen molar-refractivity contribution in [1.29, 1.82) is 0 Å². The minimum atomic E-state index is -0.425. The average molecular weight is 315 g/mol. The van der Waals surface area contributed by atoms with E-state index in [2.05, 4.69) is 15.9 Å². The molecular formula is C13H12BrFOS. The van der Waals surface area contributed by atoms with E-state index in [1.165, 1.54) is 10.9 Å². The number of benzene rings is 1. The number of hydrogen-bond acceptors (Lipinski definition) is 2. The molecule has 0 spiro atoms. The van der Waals surface area contributed by atoms with E-state index >= 15 is 0 Å². The molecule has 0 saturated carbocycles. The molecule has 0 saturated heterocycles. The summed E-state index contributed by atoms with van der Waals surface area (Å²) in [7, 11) is 0. The standard InChI is InChI=1S/C13H12BrFOS/c14-12-7-9(3-4-13(12)15)6-10(16)8-11-2-1-5-17-11/h1-5,7,10,16H,6,8H2. The van der Waals surface area contributed by atoms with Crippen molar-refractivity contribution in [3.05, 3.63) is 56.4 Å². The first-order valence-corrected chi connectivity index (χ1v) is 6.97. The molecule has 1 heterocycles. The first-order valence-electron chi connectivity index (χ1n) is 5.29. The second kappa shape index (κ2) is 5.76. The molecule has 0 fully saturated rings. The van der Waals surface area contributed by atoms with Gasteiger partial charge in [-0.15, -0.1) is 11.3 Å². The van der Waals surface area contributed by atoms with E-state index in [0.29, 0.717) is 17.3 Å². The summed E-state index contributed by atoms with van der Waals surface area (Å²) >= 11 is 4.78. The quantitative estimate of drug-likeness (QED) is 0.910. The highest BCUT2D eigenvalue weighted by molar-refractivity contribution is 9.10. The molecule has 2 aromatic rings. The Morgan fingerprint density at radius 2 is 2.12 bits per heavy atom. The lowest BCUT2D eigenvalue weighted by molar-refractivity contribution is 0.176. The van der Waals surface area contributed by atoms with Gasteiger partial charge in [0.15, 0.2) is 0 Å². The summed E-state index contributed by atoms with van der Waals surface area (Å²) in [5.41, 5.74) is 0.933. The zero-order valence-electron chi connectivity index (χ0n) is 9.07. The maximum absolute atomic E-state index is 13.0. The number of rotatable bonds is 4. The fourth-order valence-electron chi connectivity index (χ4n) is 1.67. The van der Waals surface area contributed by atoms with E-state index in [1.54, 1.807) is 23.5 Å². The van der Waals surface area contributed by atoms with Crippen LogP contribution in [0, 0.1) is 5.82 Å². The first-order chi connectivity index (χ1) is 8.15. The molecule has 90 valence electrons. The number of hydrogen-bond donors (Lipinski definition) is 1. The van der Waals surface area contributed by atoms with Crippen molar-refractivity contribution in [2.45, 2.75) is 18.9 Å². The summed E-state index contributed by atoms with van der Waals surface area (Å²) in [6.45, 7) is 0. The second-order valence-corrected chi connectivity index (χ2v) is 5.78. The van der Waals surface area contributed by atoms with Gasteiger partial charge in [-0.25, -0.2) is 4.39 Å². The number of thiophene rings is 1. The van der Waals surface area contributed by atoms with E-state index < -0.39 is 6.10 Å². The van der Waals surface area contributed by atoms with Gasteiger partial charge in [0.1, 0.15) is 5.82 Å². The predicted molar refractivity (Wildman–Crippen MR) is 71.8 cm³/mol. The highest BCUT2D eigenvalue weighted by Gasteiger charge is 2.09. The Kier molecular flexibility index (Phi) is 4.31. The van der Waals surface area contributed by atoms with Crippen molar-refractivity contribution >= 4 is 27.3 Å². The Labute approximate surface area is 112 Å². The molecule has 0 aliphatic carbocycles. The summed E-state index contributed by atoms with van der Waals surface area (Å²) in [4.78, 5) is 1.17. The maximum Gasteiger partial charge on any atom is 0.137 e. The Morgan fingerprint density at radius 3 is 2.76 bits per heavy atom. The number of halogens is 2. The van der Waals surface area contributed by atoms with Crippen LogP contribution in [0.5, 0.6) is 0 Å². The van der Waals surface area contributed by atoms with Gasteiger partial charge in [0.25, 0.3) is 0 Å². The predicted octanol–water partition coefficient (Wildman–Crippen LogP) is 3.80. The molecule has 17 heavy (non-hydrogen) atoms. The summed E-state index contributed by atoms with van der Waals surface area (Å²) in [5.74, 6) is -0.276. The summed E-state index contributed by atoms with van der Waals surface area (Å²) in [6, 6.07) is 8.82. The summed E-state index contributed by atoms with van der Waals surface area (Å²) in [6.07, 6.45) is 0.759. The number of aliphatic hydroxyl groups excluding tert-OH is 1. The molecule has 0 aliphatic rings. The van der Waals surface area contributed by atoms with Gasteiger partial charge in [0.05, 0.1) is 10.6 Å². The lowest BCUT2D eigenvalue weighted by Crippen LogP contribution is -2.13. The summed E-state index contributed by atoms with van der Waals surface area (Å²) < 4.78 is 13.5. The van der Waals surface area contributed by atoms with Crippen molar-refractivity contribution in [1.82, 2.24) is 0 Å². The van der Waals surface area contributed by atoms with Crippen LogP contribution in [-0.2, 0) is 12.8 Å². The van der Waals surface area contributed by atoms with Crippen LogP contribution in [0.25, 0.3) is 0 Å². The molecule has 0 radical (unpaired) electrons. The Hall–Kier alpha value is -0.710. The van der Waals surface area contributed by atoms with Gasteiger partial charge in [-0.2, -0.15) is 0 Å². The minimum Gasteiger partial charge on any atom is -0.392 e. The SMILES string of the molecule is OC(Cc1ccc(F)c(Br)c1)Cc1cccs1. The fourth-order valence-corrected chi connectivity index (χ4v) is 2.88. The van der Waals surface area contributed by atoms with Gasteiger partial charge in [0.2, 0.25) is 0 Å². The molecular weight excluding hydrogens is 303 g/mol. The maximum atomic E-state index is 13.0. The number of aliphatic hydroxyl groups is 1. The van der Waals surface area contributed by atoms with Gasteiger partial charge in [-0.1, -0.05) is 12.1 Å². The molecule has 1 atom stereocenters. The monoisotopic (exact) mass is 314 g/mol. The summed E-state index contributed by atoms with van der Waals surface area (Å²) in [5, 5.41) is 11.9. The molecule has 2 rings (SSSR count).